The van der Waals surface area contributed by atoms with E-state index in [0.29, 0.717) is 24.0 Å². The molecule has 0 saturated heterocycles. The first kappa shape index (κ1) is 15.2. The Hall–Kier alpha value is -2.18. The van der Waals surface area contributed by atoms with Crippen LogP contribution in [0.4, 0.5) is 0 Å². The first-order chi connectivity index (χ1) is 10.0. The van der Waals surface area contributed by atoms with Crippen LogP contribution in [0.1, 0.15) is 68.3 Å². The fourth-order valence-electron chi connectivity index (χ4n) is 1.91. The summed E-state index contributed by atoms with van der Waals surface area (Å²) in [5.41, 5.74) is 0.535. The minimum absolute atomic E-state index is 0.191. The van der Waals surface area contributed by atoms with Crippen molar-refractivity contribution in [3.8, 4) is 0 Å². The SMILES string of the molecule is CCCn1nccc1C(=O)NC(C)c1nc(C(C)C)no1. The van der Waals surface area contributed by atoms with Crippen molar-refractivity contribution in [3.63, 3.8) is 0 Å². The molecule has 7 nitrogen and oxygen atoms in total. The summed E-state index contributed by atoms with van der Waals surface area (Å²) in [5.74, 6) is 1.05. The molecule has 0 aliphatic rings. The quantitative estimate of drug-likeness (QED) is 0.882. The van der Waals surface area contributed by atoms with Gasteiger partial charge >= 0.3 is 0 Å². The summed E-state index contributed by atoms with van der Waals surface area (Å²) in [6, 6.07) is 1.35. The molecule has 2 aromatic heterocycles. The lowest BCUT2D eigenvalue weighted by molar-refractivity contribution is 0.0921. The second-order valence-electron chi connectivity index (χ2n) is 5.28. The maximum Gasteiger partial charge on any atom is 0.270 e. The van der Waals surface area contributed by atoms with Gasteiger partial charge in [0.1, 0.15) is 11.7 Å². The van der Waals surface area contributed by atoms with Crippen LogP contribution in [0.3, 0.4) is 0 Å². The van der Waals surface area contributed by atoms with Gasteiger partial charge in [-0.1, -0.05) is 25.9 Å². The molecule has 21 heavy (non-hydrogen) atoms. The lowest BCUT2D eigenvalue weighted by Gasteiger charge is -2.10. The number of carbonyl (C=O) groups is 1. The van der Waals surface area contributed by atoms with Gasteiger partial charge in [-0.2, -0.15) is 10.1 Å². The van der Waals surface area contributed by atoms with E-state index in [9.17, 15) is 4.79 Å². The van der Waals surface area contributed by atoms with Gasteiger partial charge in [0.05, 0.1) is 0 Å². The van der Waals surface area contributed by atoms with E-state index in [0.717, 1.165) is 6.42 Å². The van der Waals surface area contributed by atoms with Crippen molar-refractivity contribution in [2.24, 2.45) is 0 Å². The van der Waals surface area contributed by atoms with E-state index in [1.807, 2.05) is 27.7 Å². The van der Waals surface area contributed by atoms with Crippen LogP contribution in [-0.2, 0) is 6.54 Å². The monoisotopic (exact) mass is 291 g/mol. The van der Waals surface area contributed by atoms with Crippen molar-refractivity contribution in [1.82, 2.24) is 25.2 Å². The van der Waals surface area contributed by atoms with Crippen LogP contribution in [0.25, 0.3) is 0 Å². The first-order valence-electron chi connectivity index (χ1n) is 7.19. The Balaban J connectivity index is 2.05. The lowest BCUT2D eigenvalue weighted by Crippen LogP contribution is -2.29. The molecule has 1 amide bonds. The molecule has 0 fully saturated rings. The van der Waals surface area contributed by atoms with Crippen LogP contribution in [0.15, 0.2) is 16.8 Å². The highest BCUT2D eigenvalue weighted by atomic mass is 16.5. The van der Waals surface area contributed by atoms with Gasteiger partial charge in [-0.05, 0) is 19.4 Å². The number of nitrogens with zero attached hydrogens (tertiary/aromatic N) is 4. The van der Waals surface area contributed by atoms with E-state index in [1.165, 1.54) is 0 Å². The van der Waals surface area contributed by atoms with Gasteiger partial charge in [0.25, 0.3) is 5.91 Å². The molecule has 0 saturated carbocycles. The Morgan fingerprint density at radius 3 is 2.81 bits per heavy atom. The summed E-state index contributed by atoms with van der Waals surface area (Å²) in [6.45, 7) is 8.54. The molecular weight excluding hydrogens is 270 g/mol. The average Bonchev–Trinajstić information content (AvgIpc) is 3.07. The van der Waals surface area contributed by atoms with Crippen LogP contribution in [-0.4, -0.2) is 25.8 Å². The molecule has 1 atom stereocenters. The number of rotatable bonds is 6. The predicted molar refractivity (Wildman–Crippen MR) is 76.8 cm³/mol. The van der Waals surface area contributed by atoms with Crippen molar-refractivity contribution in [1.29, 1.82) is 0 Å². The molecule has 114 valence electrons. The van der Waals surface area contributed by atoms with E-state index in [-0.39, 0.29) is 17.9 Å². The molecule has 0 aliphatic carbocycles. The maximum absolute atomic E-state index is 12.3. The fraction of sp³-hybridized carbons (Fsp3) is 0.571. The molecule has 0 aliphatic heterocycles. The molecule has 0 aromatic carbocycles. The molecule has 1 unspecified atom stereocenters. The van der Waals surface area contributed by atoms with Gasteiger partial charge in [0.15, 0.2) is 5.82 Å². The Labute approximate surface area is 123 Å². The molecule has 0 radical (unpaired) electrons. The summed E-state index contributed by atoms with van der Waals surface area (Å²) in [5, 5.41) is 10.9. The summed E-state index contributed by atoms with van der Waals surface area (Å²) in [7, 11) is 0. The van der Waals surface area contributed by atoms with Crippen LogP contribution >= 0.6 is 0 Å². The number of hydrogen-bond acceptors (Lipinski definition) is 5. The lowest BCUT2D eigenvalue weighted by atomic mass is 10.2. The van der Waals surface area contributed by atoms with Crippen molar-refractivity contribution in [2.45, 2.75) is 52.6 Å². The number of carbonyl (C=O) groups excluding carboxylic acids is 1. The Morgan fingerprint density at radius 2 is 2.19 bits per heavy atom. The second-order valence-corrected chi connectivity index (χ2v) is 5.28. The van der Waals surface area contributed by atoms with Gasteiger partial charge in [0.2, 0.25) is 5.89 Å². The number of amides is 1. The van der Waals surface area contributed by atoms with Crippen LogP contribution in [0.2, 0.25) is 0 Å². The molecule has 2 aromatic rings. The van der Waals surface area contributed by atoms with E-state index in [4.69, 9.17) is 4.52 Å². The Kier molecular flexibility index (Phi) is 4.72. The Bertz CT molecular complexity index is 602. The third kappa shape index (κ3) is 3.48. The summed E-state index contributed by atoms with van der Waals surface area (Å²) in [4.78, 5) is 16.6. The molecule has 1 N–H and O–H groups in total. The first-order valence-corrected chi connectivity index (χ1v) is 7.19. The highest BCUT2D eigenvalue weighted by molar-refractivity contribution is 5.92. The Morgan fingerprint density at radius 1 is 1.43 bits per heavy atom. The van der Waals surface area contributed by atoms with E-state index >= 15 is 0 Å². The number of aryl methyl sites for hydroxylation is 1. The van der Waals surface area contributed by atoms with E-state index < -0.39 is 0 Å². The van der Waals surface area contributed by atoms with Crippen molar-refractivity contribution >= 4 is 5.91 Å². The number of nitrogens with one attached hydrogen (secondary N) is 1. The van der Waals surface area contributed by atoms with Crippen molar-refractivity contribution < 1.29 is 9.32 Å². The molecule has 0 spiro atoms. The third-order valence-electron chi connectivity index (χ3n) is 3.08. The molecule has 2 heterocycles. The summed E-state index contributed by atoms with van der Waals surface area (Å²) < 4.78 is 6.88. The van der Waals surface area contributed by atoms with Gasteiger partial charge < -0.3 is 9.84 Å². The zero-order chi connectivity index (χ0) is 15.4. The van der Waals surface area contributed by atoms with Gasteiger partial charge in [-0.15, -0.1) is 0 Å². The molecule has 0 bridgehead atoms. The van der Waals surface area contributed by atoms with Gasteiger partial charge in [0, 0.05) is 18.7 Å². The van der Waals surface area contributed by atoms with Crippen LogP contribution in [0.5, 0.6) is 0 Å². The zero-order valence-corrected chi connectivity index (χ0v) is 12.8. The van der Waals surface area contributed by atoms with Crippen molar-refractivity contribution in [3.05, 3.63) is 29.7 Å². The largest absolute Gasteiger partial charge is 0.339 e. The topological polar surface area (TPSA) is 85.8 Å². The summed E-state index contributed by atoms with van der Waals surface area (Å²) >= 11 is 0. The van der Waals surface area contributed by atoms with E-state index in [1.54, 1.807) is 16.9 Å². The average molecular weight is 291 g/mol. The van der Waals surface area contributed by atoms with E-state index in [2.05, 4.69) is 20.6 Å². The number of aromatic nitrogens is 4. The standard InChI is InChI=1S/C14H21N5O2/c1-5-8-19-11(6-7-15-19)13(20)16-10(4)14-17-12(9(2)3)18-21-14/h6-7,9-10H,5,8H2,1-4H3,(H,16,20). The van der Waals surface area contributed by atoms with Crippen LogP contribution < -0.4 is 5.32 Å². The third-order valence-corrected chi connectivity index (χ3v) is 3.08. The minimum Gasteiger partial charge on any atom is -0.339 e. The number of hydrogen-bond donors (Lipinski definition) is 1. The van der Waals surface area contributed by atoms with Gasteiger partial charge in [-0.25, -0.2) is 0 Å². The second kappa shape index (κ2) is 6.51. The highest BCUT2D eigenvalue weighted by Gasteiger charge is 2.20. The van der Waals surface area contributed by atoms with Crippen LogP contribution in [0, 0.1) is 0 Å². The summed E-state index contributed by atoms with van der Waals surface area (Å²) in [6.07, 6.45) is 2.54. The molecule has 7 heteroatoms. The normalized spacial score (nSPS) is 12.6. The fourth-order valence-corrected chi connectivity index (χ4v) is 1.91. The minimum atomic E-state index is -0.345. The van der Waals surface area contributed by atoms with Crippen molar-refractivity contribution in [2.75, 3.05) is 0 Å². The highest BCUT2D eigenvalue weighted by Crippen LogP contribution is 2.15. The maximum atomic E-state index is 12.3. The predicted octanol–water partition coefficient (Wildman–Crippen LogP) is 2.29. The molecule has 2 rings (SSSR count). The zero-order valence-electron chi connectivity index (χ0n) is 12.8. The van der Waals surface area contributed by atoms with Gasteiger partial charge in [-0.3, -0.25) is 9.48 Å². The molecular formula is C14H21N5O2. The smallest absolute Gasteiger partial charge is 0.270 e.